The van der Waals surface area contributed by atoms with E-state index in [0.717, 1.165) is 23.8 Å². The molecule has 0 fully saturated rings. The molecule has 0 atom stereocenters. The zero-order chi connectivity index (χ0) is 19.4. The Kier molecular flexibility index (Phi) is 5.60. The number of alkyl halides is 3. The molecule has 4 nitrogen and oxygen atoms in total. The fourth-order valence-electron chi connectivity index (χ4n) is 2.55. The summed E-state index contributed by atoms with van der Waals surface area (Å²) in [5, 5.41) is 2.28. The highest BCUT2D eigenvalue weighted by atomic mass is 35.5. The van der Waals surface area contributed by atoms with Crippen LogP contribution in [0.25, 0.3) is 6.08 Å². The first kappa shape index (κ1) is 19.1. The van der Waals surface area contributed by atoms with Gasteiger partial charge in [0.05, 0.1) is 10.6 Å². The van der Waals surface area contributed by atoms with Crippen LogP contribution in [0.4, 0.5) is 13.2 Å². The van der Waals surface area contributed by atoms with E-state index in [2.05, 4.69) is 5.32 Å². The van der Waals surface area contributed by atoms with Gasteiger partial charge in [-0.3, -0.25) is 4.79 Å². The summed E-state index contributed by atoms with van der Waals surface area (Å²) in [6.45, 7) is 1.09. The first-order valence-electron chi connectivity index (χ1n) is 8.05. The second-order valence-corrected chi connectivity index (χ2v) is 6.14. The van der Waals surface area contributed by atoms with E-state index >= 15 is 0 Å². The fourth-order valence-corrected chi connectivity index (χ4v) is 2.77. The van der Waals surface area contributed by atoms with E-state index in [1.165, 1.54) is 12.1 Å². The standard InChI is InChI=1S/C19H15ClF3NO3/c20-15-6-4-12(10-14(15)19(21,22)23)5-7-17(25)24-11-13-2-1-3-16-18(13)27-9-8-26-16/h1-7,10H,8-9,11H2,(H,24,25)/b7-5+. The van der Waals surface area contributed by atoms with Crippen LogP contribution in [0.1, 0.15) is 16.7 Å². The van der Waals surface area contributed by atoms with E-state index in [1.54, 1.807) is 18.2 Å². The Morgan fingerprint density at radius 2 is 1.96 bits per heavy atom. The number of nitrogens with one attached hydrogen (secondary N) is 1. The summed E-state index contributed by atoms with van der Waals surface area (Å²) in [6.07, 6.45) is -2.10. The van der Waals surface area contributed by atoms with Crippen LogP contribution in [-0.2, 0) is 17.5 Å². The van der Waals surface area contributed by atoms with Gasteiger partial charge in [0.25, 0.3) is 0 Å². The van der Waals surface area contributed by atoms with Gasteiger partial charge in [0.1, 0.15) is 13.2 Å². The predicted molar refractivity (Wildman–Crippen MR) is 94.8 cm³/mol. The summed E-state index contributed by atoms with van der Waals surface area (Å²) in [7, 11) is 0. The van der Waals surface area contributed by atoms with Crippen LogP contribution >= 0.6 is 11.6 Å². The van der Waals surface area contributed by atoms with Gasteiger partial charge >= 0.3 is 6.18 Å². The Morgan fingerprint density at radius 3 is 2.74 bits per heavy atom. The highest BCUT2D eigenvalue weighted by Gasteiger charge is 2.33. The molecule has 1 heterocycles. The topological polar surface area (TPSA) is 47.6 Å². The van der Waals surface area contributed by atoms with Crippen molar-refractivity contribution in [3.63, 3.8) is 0 Å². The lowest BCUT2D eigenvalue weighted by atomic mass is 10.1. The van der Waals surface area contributed by atoms with Crippen molar-refractivity contribution in [1.29, 1.82) is 0 Å². The second-order valence-electron chi connectivity index (χ2n) is 5.73. The summed E-state index contributed by atoms with van der Waals surface area (Å²) in [6, 6.07) is 8.81. The minimum Gasteiger partial charge on any atom is -0.486 e. The molecule has 2 aromatic carbocycles. The third-order valence-corrected chi connectivity index (χ3v) is 4.15. The third-order valence-electron chi connectivity index (χ3n) is 3.82. The normalized spacial score (nSPS) is 13.6. The molecule has 142 valence electrons. The summed E-state index contributed by atoms with van der Waals surface area (Å²) in [4.78, 5) is 12.0. The van der Waals surface area contributed by atoms with E-state index in [1.807, 2.05) is 0 Å². The molecule has 2 aromatic rings. The molecule has 0 aromatic heterocycles. The number of para-hydroxylation sites is 1. The van der Waals surface area contributed by atoms with Crippen LogP contribution in [0.2, 0.25) is 5.02 Å². The molecule has 0 spiro atoms. The molecule has 3 rings (SSSR count). The number of amides is 1. The summed E-state index contributed by atoms with van der Waals surface area (Å²) in [5.41, 5.74) is 0.0234. The van der Waals surface area contributed by atoms with Crippen molar-refractivity contribution < 1.29 is 27.4 Å². The van der Waals surface area contributed by atoms with Gasteiger partial charge in [0, 0.05) is 18.2 Å². The number of hydrogen-bond acceptors (Lipinski definition) is 3. The summed E-state index contributed by atoms with van der Waals surface area (Å²) >= 11 is 5.57. The van der Waals surface area contributed by atoms with Crippen LogP contribution in [0.15, 0.2) is 42.5 Å². The zero-order valence-corrected chi connectivity index (χ0v) is 14.7. The number of hydrogen-bond donors (Lipinski definition) is 1. The maximum atomic E-state index is 12.9. The van der Waals surface area contributed by atoms with E-state index in [4.69, 9.17) is 21.1 Å². The Morgan fingerprint density at radius 1 is 1.19 bits per heavy atom. The van der Waals surface area contributed by atoms with Crippen molar-refractivity contribution in [2.24, 2.45) is 0 Å². The van der Waals surface area contributed by atoms with E-state index in [-0.39, 0.29) is 17.1 Å². The largest absolute Gasteiger partial charge is 0.486 e. The van der Waals surface area contributed by atoms with Crippen LogP contribution < -0.4 is 14.8 Å². The van der Waals surface area contributed by atoms with Crippen molar-refractivity contribution in [2.45, 2.75) is 12.7 Å². The second kappa shape index (κ2) is 7.92. The van der Waals surface area contributed by atoms with Crippen molar-refractivity contribution in [3.8, 4) is 11.5 Å². The van der Waals surface area contributed by atoms with Gasteiger partial charge in [-0.1, -0.05) is 29.8 Å². The highest BCUT2D eigenvalue weighted by molar-refractivity contribution is 6.31. The van der Waals surface area contributed by atoms with Crippen LogP contribution in [0.5, 0.6) is 11.5 Å². The molecule has 1 amide bonds. The smallest absolute Gasteiger partial charge is 0.417 e. The first-order valence-corrected chi connectivity index (χ1v) is 8.42. The average molecular weight is 398 g/mol. The van der Waals surface area contributed by atoms with E-state index in [0.29, 0.717) is 24.7 Å². The first-order chi connectivity index (χ1) is 12.8. The summed E-state index contributed by atoms with van der Waals surface area (Å²) < 4.78 is 49.6. The number of rotatable bonds is 4. The molecule has 0 radical (unpaired) electrons. The van der Waals surface area contributed by atoms with Gasteiger partial charge in [0.2, 0.25) is 5.91 Å². The van der Waals surface area contributed by atoms with E-state index in [9.17, 15) is 18.0 Å². The quantitative estimate of drug-likeness (QED) is 0.775. The molecular weight excluding hydrogens is 383 g/mol. The molecule has 1 N–H and O–H groups in total. The molecule has 0 bridgehead atoms. The van der Waals surface area contributed by atoms with Gasteiger partial charge in [0.15, 0.2) is 11.5 Å². The third kappa shape index (κ3) is 4.74. The van der Waals surface area contributed by atoms with Gasteiger partial charge in [-0.25, -0.2) is 0 Å². The number of fused-ring (bicyclic) bond motifs is 1. The molecular formula is C19H15ClF3NO3. The maximum absolute atomic E-state index is 12.9. The van der Waals surface area contributed by atoms with Gasteiger partial charge in [-0.15, -0.1) is 0 Å². The number of carbonyl (C=O) groups excluding carboxylic acids is 1. The lowest BCUT2D eigenvalue weighted by Gasteiger charge is -2.20. The maximum Gasteiger partial charge on any atom is 0.417 e. The van der Waals surface area contributed by atoms with Crippen molar-refractivity contribution in [3.05, 3.63) is 64.2 Å². The van der Waals surface area contributed by atoms with Gasteiger partial charge in [-0.05, 0) is 29.8 Å². The van der Waals surface area contributed by atoms with Gasteiger partial charge in [-0.2, -0.15) is 13.2 Å². The predicted octanol–water partition coefficient (Wildman–Crippen LogP) is 4.46. The number of carbonyl (C=O) groups is 1. The lowest BCUT2D eigenvalue weighted by Crippen LogP contribution is -2.22. The summed E-state index contributed by atoms with van der Waals surface area (Å²) in [5.74, 6) is 0.748. The molecule has 0 unspecified atom stereocenters. The number of benzene rings is 2. The van der Waals surface area contributed by atoms with Crippen LogP contribution in [0.3, 0.4) is 0 Å². The highest BCUT2D eigenvalue weighted by Crippen LogP contribution is 2.35. The van der Waals surface area contributed by atoms with Crippen molar-refractivity contribution in [2.75, 3.05) is 13.2 Å². The lowest BCUT2D eigenvalue weighted by molar-refractivity contribution is -0.137. The zero-order valence-electron chi connectivity index (χ0n) is 14.0. The minimum absolute atomic E-state index is 0.199. The Balaban J connectivity index is 1.65. The van der Waals surface area contributed by atoms with E-state index < -0.39 is 17.6 Å². The number of halogens is 4. The fraction of sp³-hybridized carbons (Fsp3) is 0.211. The Bertz CT molecular complexity index is 881. The Hall–Kier alpha value is -2.67. The van der Waals surface area contributed by atoms with Gasteiger partial charge < -0.3 is 14.8 Å². The van der Waals surface area contributed by atoms with Crippen molar-refractivity contribution in [1.82, 2.24) is 5.32 Å². The Labute approximate surface area is 158 Å². The van der Waals surface area contributed by atoms with Crippen LogP contribution in [-0.4, -0.2) is 19.1 Å². The molecule has 0 aliphatic carbocycles. The monoisotopic (exact) mass is 397 g/mol. The SMILES string of the molecule is O=C(/C=C/c1ccc(Cl)c(C(F)(F)F)c1)NCc1cccc2c1OCCO2. The molecule has 0 saturated heterocycles. The molecule has 1 aliphatic rings. The van der Waals surface area contributed by atoms with Crippen LogP contribution in [0, 0.1) is 0 Å². The molecule has 1 aliphatic heterocycles. The molecule has 0 saturated carbocycles. The molecule has 8 heteroatoms. The van der Waals surface area contributed by atoms with Crippen molar-refractivity contribution >= 4 is 23.6 Å². The number of ether oxygens (including phenoxy) is 2. The average Bonchev–Trinajstić information content (AvgIpc) is 2.64. The molecule has 27 heavy (non-hydrogen) atoms. The minimum atomic E-state index is -4.56.